The Labute approximate surface area is 260 Å². The number of carbonyl (C=O) groups excluding carboxylic acids is 1. The fourth-order valence-electron chi connectivity index (χ4n) is 5.65. The van der Waals surface area contributed by atoms with E-state index in [9.17, 15) is 10.1 Å². The zero-order chi connectivity index (χ0) is 31.6. The first-order valence-electron chi connectivity index (χ1n) is 14.6. The smallest absolute Gasteiger partial charge is 0.245 e. The van der Waals surface area contributed by atoms with Crippen LogP contribution in [-0.2, 0) is 4.79 Å². The molecule has 2 aliphatic heterocycles. The minimum absolute atomic E-state index is 0.0601. The van der Waals surface area contributed by atoms with Crippen LogP contribution in [0.3, 0.4) is 0 Å². The minimum atomic E-state index is -0.520. The molecule has 0 spiro atoms. The van der Waals surface area contributed by atoms with Crippen molar-refractivity contribution in [1.29, 1.82) is 5.26 Å². The molecule has 2 N–H and O–H groups in total. The number of aromatic nitrogens is 3. The number of halogens is 1. The number of benzene rings is 2. The summed E-state index contributed by atoms with van der Waals surface area (Å²) in [6, 6.07) is 14.2. The summed E-state index contributed by atoms with van der Waals surface area (Å²) in [5.74, 6) is 2.02. The van der Waals surface area contributed by atoms with E-state index in [0.717, 1.165) is 18.5 Å². The van der Waals surface area contributed by atoms with Gasteiger partial charge in [0.2, 0.25) is 5.91 Å². The number of anilines is 4. The molecular formula is C33H33FN8O3. The monoisotopic (exact) mass is 608 g/mol. The topological polar surface area (TPSA) is 129 Å². The van der Waals surface area contributed by atoms with Crippen LogP contribution in [0.2, 0.25) is 0 Å². The normalized spacial score (nSPS) is 16.0. The predicted molar refractivity (Wildman–Crippen MR) is 169 cm³/mol. The van der Waals surface area contributed by atoms with E-state index < -0.39 is 5.82 Å². The highest BCUT2D eigenvalue weighted by Crippen LogP contribution is 2.37. The van der Waals surface area contributed by atoms with Gasteiger partial charge in [0.25, 0.3) is 0 Å². The Morgan fingerprint density at radius 3 is 2.60 bits per heavy atom. The molecule has 0 bridgehead atoms. The number of hydrogen-bond acceptors (Lipinski definition) is 10. The predicted octanol–water partition coefficient (Wildman–Crippen LogP) is 5.65. The molecule has 12 heteroatoms. The van der Waals surface area contributed by atoms with Crippen LogP contribution < -0.4 is 25.0 Å². The van der Waals surface area contributed by atoms with E-state index in [1.165, 1.54) is 18.5 Å². The molecule has 6 rings (SSSR count). The van der Waals surface area contributed by atoms with Gasteiger partial charge in [0.05, 0.1) is 35.5 Å². The van der Waals surface area contributed by atoms with Crippen LogP contribution in [0.4, 0.5) is 27.4 Å². The third kappa shape index (κ3) is 6.28. The van der Waals surface area contributed by atoms with Crippen LogP contribution in [0, 0.1) is 22.6 Å². The maximum atomic E-state index is 15.4. The minimum Gasteiger partial charge on any atom is -0.495 e. The molecule has 45 heavy (non-hydrogen) atoms. The standard InChI is InChI=1S/C33H33FN8O3/c1-4-31(43)41-11-8-21(9-12-41)39-28-15-24-27(16-29(28)44-3)37-20-38-32(24)40-26-6-5-22(13-25(26)34)45-23-7-10-36-30(14-23)42-18-33(2,17-35)19-42/h4-7,10,13-16,20-21,39H,1,8-9,11-12,18-19H2,2-3H3,(H,37,38,40). The summed E-state index contributed by atoms with van der Waals surface area (Å²) < 4.78 is 26.9. The molecule has 0 radical (unpaired) electrons. The van der Waals surface area contributed by atoms with Crippen molar-refractivity contribution in [2.45, 2.75) is 25.8 Å². The lowest BCUT2D eigenvalue weighted by Gasteiger charge is -2.44. The number of likely N-dealkylation sites (tertiary alicyclic amines) is 1. The summed E-state index contributed by atoms with van der Waals surface area (Å²) in [5.41, 5.74) is 1.23. The van der Waals surface area contributed by atoms with Crippen molar-refractivity contribution in [2.75, 3.05) is 48.8 Å². The van der Waals surface area contributed by atoms with Crippen molar-refractivity contribution in [3.05, 3.63) is 73.5 Å². The summed E-state index contributed by atoms with van der Waals surface area (Å²) in [7, 11) is 1.60. The number of amides is 1. The Morgan fingerprint density at radius 2 is 1.89 bits per heavy atom. The summed E-state index contributed by atoms with van der Waals surface area (Å²) in [6.07, 6.45) is 5.93. The van der Waals surface area contributed by atoms with Gasteiger partial charge in [-0.05, 0) is 50.1 Å². The number of nitrogens with zero attached hydrogens (tertiary/aromatic N) is 6. The zero-order valence-corrected chi connectivity index (χ0v) is 25.1. The van der Waals surface area contributed by atoms with Crippen molar-refractivity contribution >= 4 is 39.8 Å². The molecule has 4 heterocycles. The van der Waals surface area contributed by atoms with E-state index in [2.05, 4.69) is 38.2 Å². The summed E-state index contributed by atoms with van der Waals surface area (Å²) in [5, 5.41) is 16.6. The van der Waals surface area contributed by atoms with Gasteiger partial charge in [0.1, 0.15) is 41.0 Å². The highest BCUT2D eigenvalue weighted by atomic mass is 19.1. The summed E-state index contributed by atoms with van der Waals surface area (Å²) >= 11 is 0. The molecule has 230 valence electrons. The average Bonchev–Trinajstić information content (AvgIpc) is 3.04. The number of methoxy groups -OCH3 is 1. The van der Waals surface area contributed by atoms with Crippen LogP contribution in [0.25, 0.3) is 10.9 Å². The fourth-order valence-corrected chi connectivity index (χ4v) is 5.65. The van der Waals surface area contributed by atoms with Crippen LogP contribution in [0.15, 0.2) is 67.6 Å². The van der Waals surface area contributed by atoms with Gasteiger partial charge in [0.15, 0.2) is 0 Å². The second-order valence-corrected chi connectivity index (χ2v) is 11.5. The first-order chi connectivity index (χ1) is 21.8. The number of nitrogens with one attached hydrogen (secondary N) is 2. The van der Waals surface area contributed by atoms with E-state index in [4.69, 9.17) is 9.47 Å². The maximum Gasteiger partial charge on any atom is 0.245 e. The first kappa shape index (κ1) is 29.6. The van der Waals surface area contributed by atoms with Crippen LogP contribution in [-0.4, -0.2) is 65.1 Å². The van der Waals surface area contributed by atoms with Crippen LogP contribution in [0.1, 0.15) is 19.8 Å². The van der Waals surface area contributed by atoms with Gasteiger partial charge in [-0.2, -0.15) is 5.26 Å². The quantitative estimate of drug-likeness (QED) is 0.230. The Balaban J connectivity index is 1.17. The van der Waals surface area contributed by atoms with Gasteiger partial charge in [-0.25, -0.2) is 19.3 Å². The van der Waals surface area contributed by atoms with E-state index in [-0.39, 0.29) is 23.1 Å². The van der Waals surface area contributed by atoms with E-state index in [0.29, 0.717) is 66.0 Å². The summed E-state index contributed by atoms with van der Waals surface area (Å²) in [4.78, 5) is 28.9. The number of hydrogen-bond donors (Lipinski definition) is 2. The Kier molecular flexibility index (Phi) is 8.08. The van der Waals surface area contributed by atoms with Gasteiger partial charge in [-0.1, -0.05) is 6.58 Å². The number of nitriles is 1. The van der Waals surface area contributed by atoms with Crippen LogP contribution in [0.5, 0.6) is 17.2 Å². The van der Waals surface area contributed by atoms with Crippen molar-refractivity contribution < 1.29 is 18.7 Å². The molecule has 2 saturated heterocycles. The highest BCUT2D eigenvalue weighted by Gasteiger charge is 2.39. The highest BCUT2D eigenvalue weighted by molar-refractivity contribution is 5.95. The van der Waals surface area contributed by atoms with Gasteiger partial charge >= 0.3 is 0 Å². The zero-order valence-electron chi connectivity index (χ0n) is 25.1. The van der Waals surface area contributed by atoms with Crippen molar-refractivity contribution in [2.24, 2.45) is 5.41 Å². The maximum absolute atomic E-state index is 15.4. The van der Waals surface area contributed by atoms with Crippen molar-refractivity contribution in [1.82, 2.24) is 19.9 Å². The van der Waals surface area contributed by atoms with E-state index in [1.54, 1.807) is 42.5 Å². The Hall–Kier alpha value is -5.44. The molecule has 2 aliphatic rings. The van der Waals surface area contributed by atoms with Crippen LogP contribution >= 0.6 is 0 Å². The van der Waals surface area contributed by atoms with Crippen molar-refractivity contribution in [3.8, 4) is 23.3 Å². The lowest BCUT2D eigenvalue weighted by atomic mass is 9.84. The lowest BCUT2D eigenvalue weighted by Crippen LogP contribution is -2.54. The second kappa shape index (κ2) is 12.3. The van der Waals surface area contributed by atoms with E-state index >= 15 is 4.39 Å². The molecule has 2 aromatic heterocycles. The van der Waals surface area contributed by atoms with Gasteiger partial charge in [0, 0.05) is 62.0 Å². The average molecular weight is 609 g/mol. The molecule has 2 aromatic carbocycles. The second-order valence-electron chi connectivity index (χ2n) is 11.5. The molecule has 0 saturated carbocycles. The third-order valence-electron chi connectivity index (χ3n) is 8.12. The number of rotatable bonds is 9. The number of carbonyl (C=O) groups is 1. The lowest BCUT2D eigenvalue weighted by molar-refractivity contribution is -0.126. The molecule has 1 amide bonds. The van der Waals surface area contributed by atoms with Gasteiger partial charge in [-0.3, -0.25) is 4.79 Å². The SMILES string of the molecule is C=CC(=O)N1CCC(Nc2cc3c(Nc4ccc(Oc5ccnc(N6CC(C)(C#N)C6)c5)cc4F)ncnc3cc2OC)CC1. The Morgan fingerprint density at radius 1 is 1.11 bits per heavy atom. The molecule has 0 unspecified atom stereocenters. The number of pyridine rings is 1. The van der Waals surface area contributed by atoms with Gasteiger partial charge in [-0.15, -0.1) is 0 Å². The first-order valence-corrected chi connectivity index (χ1v) is 14.6. The third-order valence-corrected chi connectivity index (χ3v) is 8.12. The molecular weight excluding hydrogens is 575 g/mol. The molecule has 11 nitrogen and oxygen atoms in total. The summed E-state index contributed by atoms with van der Waals surface area (Å²) in [6.45, 7) is 7.95. The number of piperidine rings is 1. The molecule has 0 atom stereocenters. The van der Waals surface area contributed by atoms with Gasteiger partial charge < -0.3 is 29.9 Å². The number of fused-ring (bicyclic) bond motifs is 1. The Bertz CT molecular complexity index is 1800. The molecule has 2 fully saturated rings. The molecule has 0 aliphatic carbocycles. The fraction of sp³-hybridized carbons (Fsp3) is 0.303. The molecule has 4 aromatic rings. The van der Waals surface area contributed by atoms with E-state index in [1.807, 2.05) is 24.0 Å². The largest absolute Gasteiger partial charge is 0.495 e. The van der Waals surface area contributed by atoms with Crippen molar-refractivity contribution in [3.63, 3.8) is 0 Å². The number of ether oxygens (including phenoxy) is 2.